The number of aryl methyl sites for hydroxylation is 1. The molecule has 0 aliphatic heterocycles. The monoisotopic (exact) mass is 368 g/mol. The SMILES string of the molecule is CC(C)c1ccccc1OCC(=O)Nc1ccc(CCC(=O)N(C)C)cc1. The molecular weight excluding hydrogens is 340 g/mol. The second kappa shape index (κ2) is 9.76. The van der Waals surface area contributed by atoms with Crippen LogP contribution in [-0.4, -0.2) is 37.4 Å². The molecule has 2 aromatic carbocycles. The molecule has 0 radical (unpaired) electrons. The average molecular weight is 368 g/mol. The van der Waals surface area contributed by atoms with Crippen molar-refractivity contribution >= 4 is 17.5 Å². The molecular formula is C22H28N2O3. The van der Waals surface area contributed by atoms with Crippen molar-refractivity contribution in [3.63, 3.8) is 0 Å². The maximum absolute atomic E-state index is 12.2. The van der Waals surface area contributed by atoms with Crippen molar-refractivity contribution in [2.75, 3.05) is 26.0 Å². The molecule has 2 aromatic rings. The summed E-state index contributed by atoms with van der Waals surface area (Å²) in [4.78, 5) is 25.4. The zero-order valence-electron chi connectivity index (χ0n) is 16.5. The lowest BCUT2D eigenvalue weighted by atomic mass is 10.0. The van der Waals surface area contributed by atoms with Crippen molar-refractivity contribution in [1.29, 1.82) is 0 Å². The summed E-state index contributed by atoms with van der Waals surface area (Å²) in [5, 5.41) is 2.83. The Balaban J connectivity index is 1.85. The summed E-state index contributed by atoms with van der Waals surface area (Å²) in [6.45, 7) is 4.15. The van der Waals surface area contributed by atoms with E-state index in [2.05, 4.69) is 19.2 Å². The summed E-state index contributed by atoms with van der Waals surface area (Å²) < 4.78 is 5.69. The minimum atomic E-state index is -0.205. The third-order valence-corrected chi connectivity index (χ3v) is 4.26. The van der Waals surface area contributed by atoms with Crippen molar-refractivity contribution in [2.24, 2.45) is 0 Å². The zero-order chi connectivity index (χ0) is 19.8. The fraction of sp³-hybridized carbons (Fsp3) is 0.364. The second-order valence-corrected chi connectivity index (χ2v) is 7.01. The van der Waals surface area contributed by atoms with Gasteiger partial charge < -0.3 is 15.0 Å². The quantitative estimate of drug-likeness (QED) is 0.770. The van der Waals surface area contributed by atoms with Crippen LogP contribution in [0.2, 0.25) is 0 Å². The molecule has 0 unspecified atom stereocenters. The van der Waals surface area contributed by atoms with Crippen molar-refractivity contribution < 1.29 is 14.3 Å². The van der Waals surface area contributed by atoms with Gasteiger partial charge in [0, 0.05) is 26.2 Å². The number of carbonyl (C=O) groups is 2. The summed E-state index contributed by atoms with van der Waals surface area (Å²) in [5.74, 6) is 0.968. The molecule has 0 aromatic heterocycles. The van der Waals surface area contributed by atoms with E-state index in [1.54, 1.807) is 19.0 Å². The average Bonchev–Trinajstić information content (AvgIpc) is 2.65. The third-order valence-electron chi connectivity index (χ3n) is 4.26. The molecule has 5 heteroatoms. The van der Waals surface area contributed by atoms with Gasteiger partial charge >= 0.3 is 0 Å². The molecule has 1 N–H and O–H groups in total. The molecule has 0 saturated heterocycles. The van der Waals surface area contributed by atoms with Crippen LogP contribution in [0.25, 0.3) is 0 Å². The Labute approximate surface area is 161 Å². The van der Waals surface area contributed by atoms with Crippen molar-refractivity contribution in [2.45, 2.75) is 32.6 Å². The van der Waals surface area contributed by atoms with Crippen LogP contribution in [0.5, 0.6) is 5.75 Å². The number of rotatable bonds is 8. The van der Waals surface area contributed by atoms with Crippen LogP contribution < -0.4 is 10.1 Å². The first-order valence-electron chi connectivity index (χ1n) is 9.17. The smallest absolute Gasteiger partial charge is 0.262 e. The Morgan fingerprint density at radius 2 is 1.70 bits per heavy atom. The summed E-state index contributed by atoms with van der Waals surface area (Å²) in [6, 6.07) is 15.3. The highest BCUT2D eigenvalue weighted by Crippen LogP contribution is 2.25. The highest BCUT2D eigenvalue weighted by Gasteiger charge is 2.10. The van der Waals surface area contributed by atoms with Gasteiger partial charge in [0.05, 0.1) is 0 Å². The number of para-hydroxylation sites is 1. The van der Waals surface area contributed by atoms with Crippen LogP contribution in [0.15, 0.2) is 48.5 Å². The Hall–Kier alpha value is -2.82. The Morgan fingerprint density at radius 3 is 2.33 bits per heavy atom. The van der Waals surface area contributed by atoms with Gasteiger partial charge in [-0.3, -0.25) is 9.59 Å². The Morgan fingerprint density at radius 1 is 1.04 bits per heavy atom. The van der Waals surface area contributed by atoms with E-state index in [1.165, 1.54) is 0 Å². The number of anilines is 1. The van der Waals surface area contributed by atoms with Gasteiger partial charge in [-0.25, -0.2) is 0 Å². The Kier molecular flexibility index (Phi) is 7.41. The van der Waals surface area contributed by atoms with E-state index in [0.29, 0.717) is 24.4 Å². The molecule has 0 atom stereocenters. The van der Waals surface area contributed by atoms with Gasteiger partial charge in [-0.1, -0.05) is 44.2 Å². The molecule has 0 aliphatic rings. The van der Waals surface area contributed by atoms with E-state index in [-0.39, 0.29) is 18.4 Å². The minimum absolute atomic E-state index is 0.0389. The van der Waals surface area contributed by atoms with Gasteiger partial charge in [-0.05, 0) is 41.7 Å². The molecule has 144 valence electrons. The van der Waals surface area contributed by atoms with Crippen molar-refractivity contribution in [1.82, 2.24) is 4.90 Å². The van der Waals surface area contributed by atoms with Crippen LogP contribution in [0, 0.1) is 0 Å². The lowest BCUT2D eigenvalue weighted by molar-refractivity contribution is -0.128. The number of amides is 2. The van der Waals surface area contributed by atoms with Crippen LogP contribution in [0.1, 0.15) is 37.3 Å². The van der Waals surface area contributed by atoms with E-state index < -0.39 is 0 Å². The first-order valence-corrected chi connectivity index (χ1v) is 9.17. The highest BCUT2D eigenvalue weighted by atomic mass is 16.5. The molecule has 0 saturated carbocycles. The normalized spacial score (nSPS) is 10.6. The van der Waals surface area contributed by atoms with Crippen LogP contribution in [-0.2, 0) is 16.0 Å². The molecule has 5 nitrogen and oxygen atoms in total. The third kappa shape index (κ3) is 6.44. The van der Waals surface area contributed by atoms with Gasteiger partial charge in [0.15, 0.2) is 6.61 Å². The number of ether oxygens (including phenoxy) is 1. The van der Waals surface area contributed by atoms with Crippen LogP contribution in [0.4, 0.5) is 5.69 Å². The Bertz CT molecular complexity index is 767. The second-order valence-electron chi connectivity index (χ2n) is 7.01. The number of nitrogens with one attached hydrogen (secondary N) is 1. The summed E-state index contributed by atoms with van der Waals surface area (Å²) in [5.41, 5.74) is 2.86. The van der Waals surface area contributed by atoms with Crippen molar-refractivity contribution in [3.8, 4) is 5.75 Å². The number of carbonyl (C=O) groups excluding carboxylic acids is 2. The summed E-state index contributed by atoms with van der Waals surface area (Å²) in [7, 11) is 3.51. The van der Waals surface area contributed by atoms with Gasteiger partial charge in [0.1, 0.15) is 5.75 Å². The molecule has 0 spiro atoms. The lowest BCUT2D eigenvalue weighted by Gasteiger charge is -2.14. The van der Waals surface area contributed by atoms with E-state index in [0.717, 1.165) is 16.9 Å². The van der Waals surface area contributed by atoms with Gasteiger partial charge in [0.25, 0.3) is 5.91 Å². The molecule has 0 heterocycles. The van der Waals surface area contributed by atoms with E-state index in [1.807, 2.05) is 48.5 Å². The largest absolute Gasteiger partial charge is 0.483 e. The molecule has 27 heavy (non-hydrogen) atoms. The number of nitrogens with zero attached hydrogens (tertiary/aromatic N) is 1. The standard InChI is InChI=1S/C22H28N2O3/c1-16(2)19-7-5-6-8-20(19)27-15-21(25)23-18-12-9-17(10-13-18)11-14-22(26)24(3)4/h5-10,12-13,16H,11,14-15H2,1-4H3,(H,23,25). The minimum Gasteiger partial charge on any atom is -0.483 e. The fourth-order valence-electron chi connectivity index (χ4n) is 2.66. The predicted octanol–water partition coefficient (Wildman–Crippen LogP) is 3.85. The number of benzene rings is 2. The summed E-state index contributed by atoms with van der Waals surface area (Å²) >= 11 is 0. The van der Waals surface area contributed by atoms with Crippen LogP contribution in [0.3, 0.4) is 0 Å². The molecule has 2 rings (SSSR count). The van der Waals surface area contributed by atoms with Gasteiger partial charge in [-0.15, -0.1) is 0 Å². The zero-order valence-corrected chi connectivity index (χ0v) is 16.5. The van der Waals surface area contributed by atoms with E-state index in [4.69, 9.17) is 4.74 Å². The number of hydrogen-bond acceptors (Lipinski definition) is 3. The van der Waals surface area contributed by atoms with Crippen LogP contribution >= 0.6 is 0 Å². The fourth-order valence-corrected chi connectivity index (χ4v) is 2.66. The van der Waals surface area contributed by atoms with Gasteiger partial charge in [0.2, 0.25) is 5.91 Å². The van der Waals surface area contributed by atoms with E-state index >= 15 is 0 Å². The van der Waals surface area contributed by atoms with Crippen molar-refractivity contribution in [3.05, 3.63) is 59.7 Å². The van der Waals surface area contributed by atoms with E-state index in [9.17, 15) is 9.59 Å². The number of hydrogen-bond donors (Lipinski definition) is 1. The highest BCUT2D eigenvalue weighted by molar-refractivity contribution is 5.91. The first kappa shape index (κ1) is 20.5. The predicted molar refractivity (Wildman–Crippen MR) is 108 cm³/mol. The molecule has 0 bridgehead atoms. The maximum Gasteiger partial charge on any atom is 0.262 e. The molecule has 0 fully saturated rings. The molecule has 2 amide bonds. The lowest BCUT2D eigenvalue weighted by Crippen LogP contribution is -2.21. The van der Waals surface area contributed by atoms with Gasteiger partial charge in [-0.2, -0.15) is 0 Å². The first-order chi connectivity index (χ1) is 12.9. The topological polar surface area (TPSA) is 58.6 Å². The maximum atomic E-state index is 12.2. The summed E-state index contributed by atoms with van der Waals surface area (Å²) in [6.07, 6.45) is 1.15. The molecule has 0 aliphatic carbocycles.